The van der Waals surface area contributed by atoms with Crippen molar-refractivity contribution >= 4 is 22.8 Å². The molecular formula is C14H14ClN3O. The third kappa shape index (κ3) is 2.12. The number of alkyl halides is 1. The fraction of sp³-hybridized carbons (Fsp3) is 0.286. The second-order valence-electron chi connectivity index (χ2n) is 4.60. The van der Waals surface area contributed by atoms with E-state index in [4.69, 9.17) is 16.0 Å². The number of nitrogens with zero attached hydrogens (tertiary/aromatic N) is 3. The molecule has 0 bridgehead atoms. The Labute approximate surface area is 116 Å². The minimum Gasteiger partial charge on any atom is -0.472 e. The van der Waals surface area contributed by atoms with Gasteiger partial charge in [0.15, 0.2) is 5.65 Å². The van der Waals surface area contributed by atoms with Gasteiger partial charge in [-0.15, -0.1) is 11.6 Å². The monoisotopic (exact) mass is 275 g/mol. The van der Waals surface area contributed by atoms with Gasteiger partial charge in [-0.1, -0.05) is 0 Å². The van der Waals surface area contributed by atoms with Crippen molar-refractivity contribution in [2.45, 2.75) is 25.8 Å². The Morgan fingerprint density at radius 1 is 1.42 bits per heavy atom. The highest BCUT2D eigenvalue weighted by molar-refractivity contribution is 6.20. The van der Waals surface area contributed by atoms with E-state index >= 15 is 0 Å². The highest BCUT2D eigenvalue weighted by atomic mass is 35.5. The number of hydrogen-bond acceptors (Lipinski definition) is 3. The van der Waals surface area contributed by atoms with Crippen LogP contribution in [0.5, 0.6) is 0 Å². The van der Waals surface area contributed by atoms with Crippen LogP contribution < -0.4 is 0 Å². The zero-order valence-electron chi connectivity index (χ0n) is 10.8. The molecule has 3 heterocycles. The molecule has 0 amide bonds. The molecule has 0 saturated heterocycles. The van der Waals surface area contributed by atoms with E-state index in [0.717, 1.165) is 28.1 Å². The molecule has 0 aliphatic rings. The van der Waals surface area contributed by atoms with Crippen molar-refractivity contribution in [1.29, 1.82) is 0 Å². The van der Waals surface area contributed by atoms with Crippen LogP contribution in [0.15, 0.2) is 35.3 Å². The fourth-order valence-electron chi connectivity index (χ4n) is 2.18. The highest BCUT2D eigenvalue weighted by Crippen LogP contribution is 2.25. The van der Waals surface area contributed by atoms with E-state index in [-0.39, 0.29) is 5.38 Å². The molecule has 0 aliphatic heterocycles. The first-order valence-electron chi connectivity index (χ1n) is 6.13. The molecule has 98 valence electrons. The maximum Gasteiger partial charge on any atom is 0.160 e. The molecule has 19 heavy (non-hydrogen) atoms. The lowest BCUT2D eigenvalue weighted by molar-refractivity contribution is 0.561. The number of pyridine rings is 1. The summed E-state index contributed by atoms with van der Waals surface area (Å²) in [7, 11) is 0. The molecule has 1 atom stereocenters. The van der Waals surface area contributed by atoms with Crippen molar-refractivity contribution in [3.8, 4) is 0 Å². The number of furan rings is 1. The zero-order valence-corrected chi connectivity index (χ0v) is 11.6. The average Bonchev–Trinajstić information content (AvgIpc) is 2.99. The van der Waals surface area contributed by atoms with Gasteiger partial charge in [0.25, 0.3) is 0 Å². The van der Waals surface area contributed by atoms with Gasteiger partial charge in [-0.25, -0.2) is 9.97 Å². The highest BCUT2D eigenvalue weighted by Gasteiger charge is 2.17. The molecule has 3 rings (SSSR count). The first-order chi connectivity index (χ1) is 9.16. The predicted octanol–water partition coefficient (Wildman–Crippen LogP) is 3.68. The van der Waals surface area contributed by atoms with Crippen LogP contribution in [0.3, 0.4) is 0 Å². The van der Waals surface area contributed by atoms with E-state index in [1.165, 1.54) is 0 Å². The topological polar surface area (TPSA) is 43.9 Å². The minimum atomic E-state index is -0.166. The largest absolute Gasteiger partial charge is 0.472 e. The molecule has 0 N–H and O–H groups in total. The van der Waals surface area contributed by atoms with E-state index in [0.29, 0.717) is 6.54 Å². The lowest BCUT2D eigenvalue weighted by atomic mass is 10.3. The van der Waals surface area contributed by atoms with Gasteiger partial charge in [0.1, 0.15) is 11.3 Å². The van der Waals surface area contributed by atoms with E-state index in [1.54, 1.807) is 18.7 Å². The Morgan fingerprint density at radius 2 is 2.26 bits per heavy atom. The summed E-state index contributed by atoms with van der Waals surface area (Å²) in [6.07, 6.45) is 5.19. The van der Waals surface area contributed by atoms with Crippen LogP contribution in [0.1, 0.15) is 29.3 Å². The maximum atomic E-state index is 6.24. The van der Waals surface area contributed by atoms with Crippen molar-refractivity contribution in [2.75, 3.05) is 0 Å². The molecule has 1 unspecified atom stereocenters. The van der Waals surface area contributed by atoms with E-state index in [1.807, 2.05) is 30.5 Å². The quantitative estimate of drug-likeness (QED) is 0.685. The van der Waals surface area contributed by atoms with Gasteiger partial charge in [-0.2, -0.15) is 0 Å². The Morgan fingerprint density at radius 3 is 2.95 bits per heavy atom. The van der Waals surface area contributed by atoms with Gasteiger partial charge in [0, 0.05) is 11.8 Å². The molecule has 4 nitrogen and oxygen atoms in total. The fourth-order valence-corrected chi connectivity index (χ4v) is 2.35. The number of imidazole rings is 1. The van der Waals surface area contributed by atoms with Gasteiger partial charge >= 0.3 is 0 Å². The molecule has 0 radical (unpaired) electrons. The van der Waals surface area contributed by atoms with Crippen molar-refractivity contribution in [3.05, 3.63) is 47.8 Å². The number of hydrogen-bond donors (Lipinski definition) is 0. The van der Waals surface area contributed by atoms with Gasteiger partial charge in [0.05, 0.1) is 24.4 Å². The summed E-state index contributed by atoms with van der Waals surface area (Å²) in [6.45, 7) is 4.61. The summed E-state index contributed by atoms with van der Waals surface area (Å²) in [5.41, 5.74) is 3.95. The van der Waals surface area contributed by atoms with E-state index in [9.17, 15) is 0 Å². The molecule has 0 aromatic carbocycles. The molecule has 0 spiro atoms. The van der Waals surface area contributed by atoms with Crippen LogP contribution in [-0.4, -0.2) is 14.5 Å². The summed E-state index contributed by atoms with van der Waals surface area (Å²) in [5.74, 6) is 0.833. The molecule has 3 aromatic rings. The molecule has 0 saturated carbocycles. The summed E-state index contributed by atoms with van der Waals surface area (Å²) in [5, 5.41) is -0.166. The number of aromatic nitrogens is 3. The van der Waals surface area contributed by atoms with E-state index < -0.39 is 0 Å². The molecule has 3 aromatic heterocycles. The number of fused-ring (bicyclic) bond motifs is 1. The molecule has 5 heteroatoms. The van der Waals surface area contributed by atoms with Gasteiger partial charge < -0.3 is 8.98 Å². The third-order valence-corrected chi connectivity index (χ3v) is 3.34. The van der Waals surface area contributed by atoms with Crippen LogP contribution in [0.4, 0.5) is 0 Å². The molecule has 0 fully saturated rings. The third-order valence-electron chi connectivity index (χ3n) is 3.14. The van der Waals surface area contributed by atoms with Crippen molar-refractivity contribution < 1.29 is 4.42 Å². The zero-order chi connectivity index (χ0) is 13.4. The van der Waals surface area contributed by atoms with Crippen LogP contribution >= 0.6 is 11.6 Å². The second kappa shape index (κ2) is 4.70. The van der Waals surface area contributed by atoms with Gasteiger partial charge in [0.2, 0.25) is 0 Å². The van der Waals surface area contributed by atoms with Crippen molar-refractivity contribution in [1.82, 2.24) is 14.5 Å². The Balaban J connectivity index is 2.19. The SMILES string of the molecule is Cc1ccnc2c1nc(C(C)Cl)n2Cc1ccoc1. The minimum absolute atomic E-state index is 0.166. The van der Waals surface area contributed by atoms with Crippen LogP contribution in [0, 0.1) is 6.92 Å². The molecule has 0 aliphatic carbocycles. The number of aryl methyl sites for hydroxylation is 1. The first kappa shape index (κ1) is 12.2. The van der Waals surface area contributed by atoms with Crippen LogP contribution in [0.25, 0.3) is 11.2 Å². The van der Waals surface area contributed by atoms with Crippen molar-refractivity contribution in [3.63, 3.8) is 0 Å². The summed E-state index contributed by atoms with van der Waals surface area (Å²) in [6, 6.07) is 3.89. The second-order valence-corrected chi connectivity index (χ2v) is 5.26. The van der Waals surface area contributed by atoms with Crippen LogP contribution in [0.2, 0.25) is 0 Å². The van der Waals surface area contributed by atoms with Crippen LogP contribution in [-0.2, 0) is 6.54 Å². The standard InChI is InChI=1S/C14H14ClN3O/c1-9-3-5-16-14-12(9)17-13(10(2)15)18(14)7-11-4-6-19-8-11/h3-6,8,10H,7H2,1-2H3. The van der Waals surface area contributed by atoms with E-state index in [2.05, 4.69) is 9.97 Å². The number of rotatable bonds is 3. The summed E-state index contributed by atoms with van der Waals surface area (Å²) >= 11 is 6.24. The summed E-state index contributed by atoms with van der Waals surface area (Å²) < 4.78 is 7.16. The Hall–Kier alpha value is -1.81. The van der Waals surface area contributed by atoms with Gasteiger partial charge in [-0.3, -0.25) is 0 Å². The average molecular weight is 276 g/mol. The lowest BCUT2D eigenvalue weighted by Gasteiger charge is -2.08. The Bertz CT molecular complexity index is 701. The number of halogens is 1. The van der Waals surface area contributed by atoms with Crippen molar-refractivity contribution in [2.24, 2.45) is 0 Å². The predicted molar refractivity (Wildman–Crippen MR) is 74.3 cm³/mol. The lowest BCUT2D eigenvalue weighted by Crippen LogP contribution is -2.05. The maximum absolute atomic E-state index is 6.24. The smallest absolute Gasteiger partial charge is 0.160 e. The van der Waals surface area contributed by atoms with Gasteiger partial charge in [-0.05, 0) is 31.5 Å². The summed E-state index contributed by atoms with van der Waals surface area (Å²) in [4.78, 5) is 9.07. The molecular weight excluding hydrogens is 262 g/mol. The first-order valence-corrected chi connectivity index (χ1v) is 6.57. The Kier molecular flexibility index (Phi) is 3.03. The normalized spacial score (nSPS) is 13.0.